The standard InChI is InChI=1S/C60H40N2S/c1-4-14-41(15-5-1)42-24-31-48(32-25-42)61(51-37-39-54-53-22-12-13-23-56(53)63-57(54)40-51)49-33-26-43(27-34-49)44-28-35-50(36-29-44)62-59(47-19-8-3-9-20-47)58(46-17-6-2-7-18-46)55-38-30-45-16-10-11-21-52(45)60(55)62/h1-40H. The van der Waals surface area contributed by atoms with Gasteiger partial charge in [-0.1, -0.05) is 188 Å². The van der Waals surface area contributed by atoms with Gasteiger partial charge < -0.3 is 9.47 Å². The Morgan fingerprint density at radius 2 is 0.794 bits per heavy atom. The van der Waals surface area contributed by atoms with E-state index in [2.05, 4.69) is 252 Å². The molecule has 0 bridgehead atoms. The van der Waals surface area contributed by atoms with Crippen LogP contribution in [0.25, 0.3) is 92.2 Å². The lowest BCUT2D eigenvalue weighted by Gasteiger charge is -2.26. The van der Waals surface area contributed by atoms with Crippen LogP contribution < -0.4 is 4.90 Å². The molecule has 0 radical (unpaired) electrons. The molecule has 10 aromatic carbocycles. The number of anilines is 3. The van der Waals surface area contributed by atoms with Crippen molar-refractivity contribution in [3.63, 3.8) is 0 Å². The second-order valence-corrected chi connectivity index (χ2v) is 17.2. The van der Waals surface area contributed by atoms with Gasteiger partial charge in [0.25, 0.3) is 0 Å². The zero-order valence-corrected chi connectivity index (χ0v) is 35.2. The predicted molar refractivity (Wildman–Crippen MR) is 270 cm³/mol. The summed E-state index contributed by atoms with van der Waals surface area (Å²) in [5.74, 6) is 0. The van der Waals surface area contributed by atoms with Crippen LogP contribution in [0.2, 0.25) is 0 Å². The molecule has 2 nitrogen and oxygen atoms in total. The minimum atomic E-state index is 1.11. The van der Waals surface area contributed by atoms with Crippen molar-refractivity contribution in [2.24, 2.45) is 0 Å². The van der Waals surface area contributed by atoms with Gasteiger partial charge in [-0.3, -0.25) is 0 Å². The van der Waals surface area contributed by atoms with Crippen molar-refractivity contribution in [1.29, 1.82) is 0 Å². The van der Waals surface area contributed by atoms with Gasteiger partial charge in [0.05, 0.1) is 11.2 Å². The van der Waals surface area contributed by atoms with Crippen LogP contribution >= 0.6 is 11.3 Å². The molecule has 2 heterocycles. The van der Waals surface area contributed by atoms with E-state index >= 15 is 0 Å². The summed E-state index contributed by atoms with van der Waals surface area (Å²) in [5.41, 5.74) is 15.3. The van der Waals surface area contributed by atoms with Crippen molar-refractivity contribution in [3.05, 3.63) is 243 Å². The molecule has 0 aliphatic rings. The first-order valence-corrected chi connectivity index (χ1v) is 22.3. The quantitative estimate of drug-likeness (QED) is 0.148. The Balaban J connectivity index is 0.956. The van der Waals surface area contributed by atoms with Crippen molar-refractivity contribution < 1.29 is 0 Å². The van der Waals surface area contributed by atoms with E-state index < -0.39 is 0 Å². The summed E-state index contributed by atoms with van der Waals surface area (Å²) in [4.78, 5) is 2.38. The average Bonchev–Trinajstić information content (AvgIpc) is 3.92. The van der Waals surface area contributed by atoms with E-state index in [1.807, 2.05) is 11.3 Å². The van der Waals surface area contributed by atoms with E-state index in [-0.39, 0.29) is 0 Å². The molecule has 12 rings (SSSR count). The van der Waals surface area contributed by atoms with Crippen LogP contribution in [-0.2, 0) is 0 Å². The summed E-state index contributed by atoms with van der Waals surface area (Å²) in [6, 6.07) is 88.3. The molecule has 0 unspecified atom stereocenters. The summed E-state index contributed by atoms with van der Waals surface area (Å²) in [5, 5.41) is 6.31. The molecule has 12 aromatic rings. The van der Waals surface area contributed by atoms with Crippen LogP contribution in [-0.4, -0.2) is 4.57 Å². The van der Waals surface area contributed by atoms with Crippen LogP contribution in [0.15, 0.2) is 243 Å². The van der Waals surface area contributed by atoms with Gasteiger partial charge in [0, 0.05) is 59.3 Å². The summed E-state index contributed by atoms with van der Waals surface area (Å²) in [6.45, 7) is 0. The van der Waals surface area contributed by atoms with Crippen molar-refractivity contribution in [1.82, 2.24) is 4.57 Å². The third-order valence-corrected chi connectivity index (χ3v) is 13.5. The third-order valence-electron chi connectivity index (χ3n) is 12.4. The highest BCUT2D eigenvalue weighted by atomic mass is 32.1. The fourth-order valence-corrected chi connectivity index (χ4v) is 10.6. The maximum absolute atomic E-state index is 2.48. The molecule has 0 fully saturated rings. The fraction of sp³-hybridized carbons (Fsp3) is 0. The smallest absolute Gasteiger partial charge is 0.0619 e. The molecule has 3 heteroatoms. The summed E-state index contributed by atoms with van der Waals surface area (Å²) in [7, 11) is 0. The highest BCUT2D eigenvalue weighted by Gasteiger charge is 2.23. The minimum Gasteiger partial charge on any atom is -0.310 e. The monoisotopic (exact) mass is 820 g/mol. The molecule has 0 atom stereocenters. The number of hydrogen-bond acceptors (Lipinski definition) is 2. The molecule has 296 valence electrons. The normalized spacial score (nSPS) is 11.5. The van der Waals surface area contributed by atoms with Gasteiger partial charge in [-0.15, -0.1) is 11.3 Å². The molecule has 0 amide bonds. The molecule has 2 aromatic heterocycles. The van der Waals surface area contributed by atoms with Gasteiger partial charge in [-0.05, 0) is 93.4 Å². The zero-order chi connectivity index (χ0) is 41.7. The lowest BCUT2D eigenvalue weighted by molar-refractivity contribution is 1.14. The number of rotatable bonds is 8. The van der Waals surface area contributed by atoms with Crippen LogP contribution in [0.3, 0.4) is 0 Å². The van der Waals surface area contributed by atoms with Crippen molar-refractivity contribution in [2.75, 3.05) is 4.90 Å². The van der Waals surface area contributed by atoms with Gasteiger partial charge in [-0.2, -0.15) is 0 Å². The predicted octanol–water partition coefficient (Wildman–Crippen LogP) is 17.3. The highest BCUT2D eigenvalue weighted by molar-refractivity contribution is 7.25. The van der Waals surface area contributed by atoms with E-state index in [4.69, 9.17) is 0 Å². The Labute approximate surface area is 370 Å². The van der Waals surface area contributed by atoms with Gasteiger partial charge in [0.1, 0.15) is 0 Å². The van der Waals surface area contributed by atoms with E-state index in [1.54, 1.807) is 0 Å². The van der Waals surface area contributed by atoms with E-state index in [0.717, 1.165) is 22.7 Å². The first-order chi connectivity index (χ1) is 31.2. The summed E-state index contributed by atoms with van der Waals surface area (Å²) >= 11 is 1.85. The molecular weight excluding hydrogens is 781 g/mol. The van der Waals surface area contributed by atoms with E-state index in [9.17, 15) is 0 Å². The Hall–Kier alpha value is -7.98. The first-order valence-electron chi connectivity index (χ1n) is 21.5. The maximum Gasteiger partial charge on any atom is 0.0619 e. The Kier molecular flexibility index (Phi) is 9.06. The van der Waals surface area contributed by atoms with Gasteiger partial charge >= 0.3 is 0 Å². The summed E-state index contributed by atoms with van der Waals surface area (Å²) < 4.78 is 5.08. The van der Waals surface area contributed by atoms with Crippen LogP contribution in [0.4, 0.5) is 17.1 Å². The molecule has 0 N–H and O–H groups in total. The highest BCUT2D eigenvalue weighted by Crippen LogP contribution is 2.46. The second kappa shape index (κ2) is 15.5. The third kappa shape index (κ3) is 6.50. The van der Waals surface area contributed by atoms with Crippen molar-refractivity contribution in [3.8, 4) is 50.3 Å². The zero-order valence-electron chi connectivity index (χ0n) is 34.4. The maximum atomic E-state index is 2.48. The van der Waals surface area contributed by atoms with E-state index in [0.29, 0.717) is 0 Å². The lowest BCUT2D eigenvalue weighted by atomic mass is 9.97. The molecule has 63 heavy (non-hydrogen) atoms. The number of benzene rings is 10. The van der Waals surface area contributed by atoms with Crippen LogP contribution in [0, 0.1) is 0 Å². The van der Waals surface area contributed by atoms with E-state index in [1.165, 1.54) is 86.5 Å². The molecule has 0 aliphatic heterocycles. The van der Waals surface area contributed by atoms with Gasteiger partial charge in [-0.25, -0.2) is 0 Å². The molecule has 0 saturated carbocycles. The number of fused-ring (bicyclic) bond motifs is 6. The van der Waals surface area contributed by atoms with Crippen molar-refractivity contribution in [2.45, 2.75) is 0 Å². The average molecular weight is 821 g/mol. The first kappa shape index (κ1) is 36.8. The van der Waals surface area contributed by atoms with Crippen LogP contribution in [0.5, 0.6) is 0 Å². The molecule has 0 saturated heterocycles. The second-order valence-electron chi connectivity index (χ2n) is 16.1. The number of nitrogens with zero attached hydrogens (tertiary/aromatic N) is 2. The Morgan fingerprint density at radius 3 is 1.44 bits per heavy atom. The van der Waals surface area contributed by atoms with Crippen LogP contribution in [0.1, 0.15) is 0 Å². The molecule has 0 spiro atoms. The minimum absolute atomic E-state index is 1.11. The lowest BCUT2D eigenvalue weighted by Crippen LogP contribution is -2.09. The topological polar surface area (TPSA) is 8.17 Å². The molecular formula is C60H40N2S. The largest absolute Gasteiger partial charge is 0.310 e. The summed E-state index contributed by atoms with van der Waals surface area (Å²) in [6.07, 6.45) is 0. The van der Waals surface area contributed by atoms with Crippen molar-refractivity contribution >= 4 is 70.2 Å². The fourth-order valence-electron chi connectivity index (χ4n) is 9.41. The Bertz CT molecular complexity index is 3570. The number of hydrogen-bond donors (Lipinski definition) is 0. The molecule has 0 aliphatic carbocycles. The number of aromatic nitrogens is 1. The van der Waals surface area contributed by atoms with Gasteiger partial charge in [0.15, 0.2) is 0 Å². The number of thiophene rings is 1. The Morgan fingerprint density at radius 1 is 0.317 bits per heavy atom. The van der Waals surface area contributed by atoms with Gasteiger partial charge in [0.2, 0.25) is 0 Å². The SMILES string of the molecule is c1ccc(-c2ccc(N(c3ccc(-c4ccc(-n5c(-c6ccccc6)c(-c6ccccc6)c6ccc7ccccc7c65)cc4)cc3)c3ccc4c(c3)sc3ccccc34)cc2)cc1.